The Morgan fingerprint density at radius 1 is 0.786 bits per heavy atom. The zero-order valence-corrected chi connectivity index (χ0v) is 17.4. The van der Waals surface area contributed by atoms with E-state index in [-0.39, 0.29) is 23.6 Å². The fourth-order valence-corrected chi connectivity index (χ4v) is 3.49. The molecule has 1 rings (SSSR count). The molecule has 0 aliphatic heterocycles. The van der Waals surface area contributed by atoms with Gasteiger partial charge in [-0.15, -0.1) is 0 Å². The van der Waals surface area contributed by atoms with Crippen LogP contribution in [0.4, 0.5) is 19.2 Å². The number of benzene rings is 1. The zero-order chi connectivity index (χ0) is 21.4. The lowest BCUT2D eigenvalue weighted by Gasteiger charge is -2.18. The molecule has 0 bridgehead atoms. The minimum absolute atomic E-state index is 0.0747. The van der Waals surface area contributed by atoms with Crippen LogP contribution in [0.1, 0.15) is 11.1 Å². The summed E-state index contributed by atoms with van der Waals surface area (Å²) in [6.45, 7) is -0.149. The number of amides is 4. The Morgan fingerprint density at radius 2 is 1.11 bits per heavy atom. The molecule has 4 amide bonds. The van der Waals surface area contributed by atoms with Crippen LogP contribution >= 0.6 is 23.5 Å². The molecule has 0 saturated heterocycles. The maximum Gasteiger partial charge on any atom is 0.404 e. The molecule has 28 heavy (non-hydrogen) atoms. The smallest absolute Gasteiger partial charge is 0.404 e. The highest BCUT2D eigenvalue weighted by molar-refractivity contribution is 8.14. The molecule has 0 fully saturated rings. The SMILES string of the molecule is CN(C)C(=O)Sc1cc(CNC(=O)O)c(SC(=O)N(C)C)cc1CNC(=O)O. The fraction of sp³-hybridized carbons (Fsp3) is 0.375. The summed E-state index contributed by atoms with van der Waals surface area (Å²) in [5.41, 5.74) is 0.992. The molecular formula is C16H22N4O6S2. The largest absolute Gasteiger partial charge is 0.465 e. The number of nitrogens with zero attached hydrogens (tertiary/aromatic N) is 2. The van der Waals surface area contributed by atoms with Crippen molar-refractivity contribution >= 4 is 46.2 Å². The molecule has 0 radical (unpaired) electrons. The summed E-state index contributed by atoms with van der Waals surface area (Å²) in [6.07, 6.45) is -2.46. The molecular weight excluding hydrogens is 408 g/mol. The lowest BCUT2D eigenvalue weighted by Crippen LogP contribution is -2.23. The van der Waals surface area contributed by atoms with Gasteiger partial charge in [0.1, 0.15) is 0 Å². The van der Waals surface area contributed by atoms with Crippen molar-refractivity contribution in [2.24, 2.45) is 0 Å². The second-order valence-corrected chi connectivity index (χ2v) is 7.90. The van der Waals surface area contributed by atoms with Crippen molar-refractivity contribution in [3.05, 3.63) is 23.3 Å². The summed E-state index contributed by atoms with van der Waals surface area (Å²) >= 11 is 1.77. The van der Waals surface area contributed by atoms with Gasteiger partial charge in [0.05, 0.1) is 0 Å². The summed E-state index contributed by atoms with van der Waals surface area (Å²) in [7, 11) is 6.32. The molecule has 154 valence electrons. The van der Waals surface area contributed by atoms with E-state index >= 15 is 0 Å². The van der Waals surface area contributed by atoms with Gasteiger partial charge in [0.25, 0.3) is 10.5 Å². The summed E-state index contributed by atoms with van der Waals surface area (Å²) in [4.78, 5) is 49.6. The molecule has 0 aliphatic carbocycles. The van der Waals surface area contributed by atoms with Crippen LogP contribution < -0.4 is 10.6 Å². The van der Waals surface area contributed by atoms with Crippen molar-refractivity contribution in [2.75, 3.05) is 28.2 Å². The summed E-state index contributed by atoms with van der Waals surface area (Å²) in [5, 5.41) is 21.7. The Bertz CT molecular complexity index is 706. The number of carboxylic acid groups (broad SMARTS) is 2. The van der Waals surface area contributed by atoms with E-state index < -0.39 is 12.2 Å². The van der Waals surface area contributed by atoms with E-state index in [1.165, 1.54) is 9.80 Å². The number of hydrogen-bond acceptors (Lipinski definition) is 6. The Labute approximate surface area is 170 Å². The molecule has 1 aromatic carbocycles. The lowest BCUT2D eigenvalue weighted by molar-refractivity contribution is 0.192. The minimum atomic E-state index is -1.23. The van der Waals surface area contributed by atoms with Crippen molar-refractivity contribution in [3.8, 4) is 0 Å². The van der Waals surface area contributed by atoms with Gasteiger partial charge in [0.2, 0.25) is 0 Å². The van der Waals surface area contributed by atoms with Gasteiger partial charge in [-0.05, 0) is 46.8 Å². The van der Waals surface area contributed by atoms with Crippen LogP contribution in [0, 0.1) is 0 Å². The number of hydrogen-bond donors (Lipinski definition) is 4. The van der Waals surface area contributed by atoms with Crippen LogP contribution in [0.15, 0.2) is 21.9 Å². The number of rotatable bonds is 6. The summed E-state index contributed by atoms with van der Waals surface area (Å²) in [6, 6.07) is 3.18. The minimum Gasteiger partial charge on any atom is -0.465 e. The van der Waals surface area contributed by atoms with Crippen molar-refractivity contribution in [1.29, 1.82) is 0 Å². The Hall–Kier alpha value is -2.60. The third kappa shape index (κ3) is 7.56. The number of carbonyl (C=O) groups is 4. The molecule has 0 saturated carbocycles. The van der Waals surface area contributed by atoms with Gasteiger partial charge in [-0.3, -0.25) is 9.59 Å². The normalized spacial score (nSPS) is 10.1. The topological polar surface area (TPSA) is 139 Å². The quantitative estimate of drug-likeness (QED) is 0.505. The van der Waals surface area contributed by atoms with E-state index in [0.29, 0.717) is 20.9 Å². The third-order valence-electron chi connectivity index (χ3n) is 3.23. The molecule has 0 spiro atoms. The standard InChI is InChI=1S/C16H22N4O6S2/c1-19(2)15(25)27-11-5-10(8-18-14(23)24)12(28-16(26)20(3)4)6-9(11)7-17-13(21)22/h5-6,17-18H,7-8H2,1-4H3,(H,21,22)(H,23,24). The Kier molecular flexibility index (Phi) is 8.92. The van der Waals surface area contributed by atoms with E-state index in [4.69, 9.17) is 10.2 Å². The van der Waals surface area contributed by atoms with Gasteiger partial charge in [-0.1, -0.05) is 0 Å². The van der Waals surface area contributed by atoms with Crippen LogP contribution in [-0.4, -0.2) is 70.9 Å². The molecule has 1 aromatic rings. The molecule has 0 aromatic heterocycles. The number of carbonyl (C=O) groups excluding carboxylic acids is 2. The number of nitrogens with one attached hydrogen (secondary N) is 2. The van der Waals surface area contributed by atoms with Crippen molar-refractivity contribution in [1.82, 2.24) is 20.4 Å². The van der Waals surface area contributed by atoms with Crippen LogP contribution in [0.2, 0.25) is 0 Å². The monoisotopic (exact) mass is 430 g/mol. The Balaban J connectivity index is 3.38. The van der Waals surface area contributed by atoms with Crippen LogP contribution in [-0.2, 0) is 13.1 Å². The molecule has 0 aliphatic rings. The first-order chi connectivity index (χ1) is 13.0. The fourth-order valence-electron chi connectivity index (χ4n) is 1.82. The van der Waals surface area contributed by atoms with Crippen LogP contribution in [0.25, 0.3) is 0 Å². The van der Waals surface area contributed by atoms with Crippen LogP contribution in [0.3, 0.4) is 0 Å². The van der Waals surface area contributed by atoms with Crippen molar-refractivity contribution in [3.63, 3.8) is 0 Å². The molecule has 0 atom stereocenters. The molecule has 0 heterocycles. The third-order valence-corrected chi connectivity index (χ3v) is 5.51. The first-order valence-corrected chi connectivity index (χ1v) is 9.52. The first kappa shape index (κ1) is 23.4. The predicted molar refractivity (Wildman–Crippen MR) is 106 cm³/mol. The maximum atomic E-state index is 12.1. The first-order valence-electron chi connectivity index (χ1n) is 7.89. The second-order valence-electron chi connectivity index (χ2n) is 5.91. The average molecular weight is 431 g/mol. The van der Waals surface area contributed by atoms with Gasteiger partial charge >= 0.3 is 12.2 Å². The maximum absolute atomic E-state index is 12.1. The van der Waals surface area contributed by atoms with Gasteiger partial charge in [0, 0.05) is 51.1 Å². The molecule has 10 nitrogen and oxygen atoms in total. The van der Waals surface area contributed by atoms with Crippen LogP contribution in [0.5, 0.6) is 0 Å². The van der Waals surface area contributed by atoms with Crippen molar-refractivity contribution < 1.29 is 29.4 Å². The lowest BCUT2D eigenvalue weighted by atomic mass is 10.1. The van der Waals surface area contributed by atoms with Gasteiger partial charge in [-0.2, -0.15) is 0 Å². The van der Waals surface area contributed by atoms with E-state index in [1.54, 1.807) is 40.3 Å². The van der Waals surface area contributed by atoms with Crippen molar-refractivity contribution in [2.45, 2.75) is 22.9 Å². The molecule has 12 heteroatoms. The van der Waals surface area contributed by atoms with Gasteiger partial charge in [-0.25, -0.2) is 9.59 Å². The number of thioether (sulfide) groups is 2. The summed E-state index contributed by atoms with van der Waals surface area (Å²) in [5.74, 6) is 0. The van der Waals surface area contributed by atoms with E-state index in [0.717, 1.165) is 23.5 Å². The van der Waals surface area contributed by atoms with E-state index in [2.05, 4.69) is 10.6 Å². The highest BCUT2D eigenvalue weighted by atomic mass is 32.2. The van der Waals surface area contributed by atoms with Gasteiger partial charge < -0.3 is 30.6 Å². The second kappa shape index (κ2) is 10.7. The highest BCUT2D eigenvalue weighted by Gasteiger charge is 2.18. The van der Waals surface area contributed by atoms with Gasteiger partial charge in [0.15, 0.2) is 0 Å². The highest BCUT2D eigenvalue weighted by Crippen LogP contribution is 2.33. The molecule has 4 N–H and O–H groups in total. The van der Waals surface area contributed by atoms with E-state index in [1.807, 2.05) is 0 Å². The van der Waals surface area contributed by atoms with E-state index in [9.17, 15) is 19.2 Å². The summed E-state index contributed by atoms with van der Waals surface area (Å²) < 4.78 is 0. The average Bonchev–Trinajstić information content (AvgIpc) is 2.59. The predicted octanol–water partition coefficient (Wildman–Crippen LogP) is 2.77. The molecule has 0 unspecified atom stereocenters. The Morgan fingerprint density at radius 3 is 1.36 bits per heavy atom. The zero-order valence-electron chi connectivity index (χ0n) is 15.8.